The lowest BCUT2D eigenvalue weighted by molar-refractivity contribution is -0.120. The van der Waals surface area contributed by atoms with Crippen LogP contribution >= 0.6 is 0 Å². The van der Waals surface area contributed by atoms with Crippen molar-refractivity contribution >= 4 is 11.6 Å². The minimum Gasteiger partial charge on any atom is -0.390 e. The maximum absolute atomic E-state index is 13.8. The second kappa shape index (κ2) is 9.32. The SMILES string of the molecule is C=C(NC)C(c1cccnc1)N(C(=O)C1CC(C#N)CN1)c1ccc(C(C)(C)C)cc1. The van der Waals surface area contributed by atoms with Crippen LogP contribution in [0.4, 0.5) is 5.69 Å². The number of benzene rings is 1. The van der Waals surface area contributed by atoms with Gasteiger partial charge in [-0.25, -0.2) is 0 Å². The molecule has 1 aromatic heterocycles. The highest BCUT2D eigenvalue weighted by Gasteiger charge is 2.37. The fourth-order valence-corrected chi connectivity index (χ4v) is 3.90. The van der Waals surface area contributed by atoms with Crippen molar-refractivity contribution in [1.82, 2.24) is 15.6 Å². The molecule has 3 atom stereocenters. The lowest BCUT2D eigenvalue weighted by Crippen LogP contribution is -2.47. The van der Waals surface area contributed by atoms with Crippen LogP contribution in [0.2, 0.25) is 0 Å². The van der Waals surface area contributed by atoms with Crippen LogP contribution in [0.3, 0.4) is 0 Å². The van der Waals surface area contributed by atoms with E-state index in [1.807, 2.05) is 24.3 Å². The lowest BCUT2D eigenvalue weighted by Gasteiger charge is -2.35. The molecule has 1 amide bonds. The zero-order chi connectivity index (χ0) is 22.6. The molecule has 0 radical (unpaired) electrons. The molecule has 6 nitrogen and oxygen atoms in total. The zero-order valence-electron chi connectivity index (χ0n) is 18.7. The molecule has 6 heteroatoms. The van der Waals surface area contributed by atoms with E-state index in [-0.39, 0.29) is 17.2 Å². The average Bonchev–Trinajstić information content (AvgIpc) is 3.26. The molecule has 2 heterocycles. The first-order valence-electron chi connectivity index (χ1n) is 10.6. The van der Waals surface area contributed by atoms with Gasteiger partial charge in [0.2, 0.25) is 5.91 Å². The summed E-state index contributed by atoms with van der Waals surface area (Å²) in [4.78, 5) is 19.8. The van der Waals surface area contributed by atoms with Crippen molar-refractivity contribution in [3.63, 3.8) is 0 Å². The van der Waals surface area contributed by atoms with Gasteiger partial charge in [0.1, 0.15) is 6.04 Å². The molecule has 0 aliphatic carbocycles. The first-order chi connectivity index (χ1) is 14.8. The van der Waals surface area contributed by atoms with E-state index in [4.69, 9.17) is 0 Å². The van der Waals surface area contributed by atoms with Gasteiger partial charge in [0.15, 0.2) is 0 Å². The van der Waals surface area contributed by atoms with E-state index in [1.165, 1.54) is 5.56 Å². The van der Waals surface area contributed by atoms with Gasteiger partial charge in [-0.3, -0.25) is 14.7 Å². The van der Waals surface area contributed by atoms with Crippen molar-refractivity contribution in [3.8, 4) is 6.07 Å². The molecule has 31 heavy (non-hydrogen) atoms. The molecule has 1 saturated heterocycles. The van der Waals surface area contributed by atoms with E-state index in [0.29, 0.717) is 18.7 Å². The van der Waals surface area contributed by atoms with Gasteiger partial charge in [-0.05, 0) is 41.2 Å². The van der Waals surface area contributed by atoms with E-state index in [0.717, 1.165) is 11.3 Å². The Morgan fingerprint density at radius 3 is 2.55 bits per heavy atom. The molecule has 1 aliphatic rings. The summed E-state index contributed by atoms with van der Waals surface area (Å²) in [6.07, 6.45) is 3.97. The van der Waals surface area contributed by atoms with Crippen molar-refractivity contribution in [2.75, 3.05) is 18.5 Å². The summed E-state index contributed by atoms with van der Waals surface area (Å²) in [5.41, 5.74) is 3.54. The van der Waals surface area contributed by atoms with Crippen molar-refractivity contribution in [2.24, 2.45) is 5.92 Å². The van der Waals surface area contributed by atoms with Crippen LogP contribution in [0.15, 0.2) is 61.1 Å². The van der Waals surface area contributed by atoms with Crippen molar-refractivity contribution in [2.45, 2.75) is 44.7 Å². The fraction of sp³-hybridized carbons (Fsp3) is 0.400. The number of carbonyl (C=O) groups is 1. The molecule has 3 rings (SSSR count). The van der Waals surface area contributed by atoms with Gasteiger partial charge in [0.05, 0.1) is 18.0 Å². The van der Waals surface area contributed by atoms with Gasteiger partial charge in [0.25, 0.3) is 0 Å². The van der Waals surface area contributed by atoms with Gasteiger partial charge in [0, 0.05) is 37.4 Å². The molecule has 1 aromatic carbocycles. The Balaban J connectivity index is 2.08. The average molecular weight is 418 g/mol. The molecular formula is C25H31N5O. The smallest absolute Gasteiger partial charge is 0.245 e. The largest absolute Gasteiger partial charge is 0.390 e. The third kappa shape index (κ3) is 4.95. The quantitative estimate of drug-likeness (QED) is 0.749. The number of carbonyl (C=O) groups excluding carboxylic acids is 1. The fourth-order valence-electron chi connectivity index (χ4n) is 3.90. The summed E-state index contributed by atoms with van der Waals surface area (Å²) in [5, 5.41) is 15.6. The number of hydrogen-bond donors (Lipinski definition) is 2. The zero-order valence-corrected chi connectivity index (χ0v) is 18.7. The predicted octanol–water partition coefficient (Wildman–Crippen LogP) is 3.69. The predicted molar refractivity (Wildman–Crippen MR) is 123 cm³/mol. The number of likely N-dealkylation sites (N-methyl/N-ethyl adjacent to an activating group) is 1. The third-order valence-corrected chi connectivity index (χ3v) is 5.77. The molecule has 0 spiro atoms. The molecular weight excluding hydrogens is 386 g/mol. The molecule has 0 saturated carbocycles. The summed E-state index contributed by atoms with van der Waals surface area (Å²) in [6.45, 7) is 11.2. The molecule has 2 N–H and O–H groups in total. The Labute approximate surface area is 185 Å². The Morgan fingerprint density at radius 1 is 1.32 bits per heavy atom. The van der Waals surface area contributed by atoms with E-state index in [1.54, 1.807) is 24.3 Å². The maximum Gasteiger partial charge on any atom is 0.245 e. The highest BCUT2D eigenvalue weighted by Crippen LogP contribution is 2.34. The topological polar surface area (TPSA) is 81.1 Å². The minimum atomic E-state index is -0.436. The summed E-state index contributed by atoms with van der Waals surface area (Å²) >= 11 is 0. The molecule has 0 bridgehead atoms. The van der Waals surface area contributed by atoms with Crippen LogP contribution in [-0.4, -0.2) is 30.5 Å². The van der Waals surface area contributed by atoms with Crippen LogP contribution in [0.5, 0.6) is 0 Å². The highest BCUT2D eigenvalue weighted by atomic mass is 16.2. The molecule has 1 aliphatic heterocycles. The van der Waals surface area contributed by atoms with Gasteiger partial charge >= 0.3 is 0 Å². The molecule has 3 unspecified atom stereocenters. The highest BCUT2D eigenvalue weighted by molar-refractivity contribution is 5.98. The van der Waals surface area contributed by atoms with Gasteiger partial charge in [-0.1, -0.05) is 45.5 Å². The summed E-state index contributed by atoms with van der Waals surface area (Å²) in [6, 6.07) is 13.3. The Kier molecular flexibility index (Phi) is 6.77. The Hall–Kier alpha value is -3.17. The van der Waals surface area contributed by atoms with Gasteiger partial charge < -0.3 is 10.6 Å². The Bertz CT molecular complexity index is 956. The van der Waals surface area contributed by atoms with E-state index in [2.05, 4.69) is 61.2 Å². The standard InChI is InChI=1S/C25H31N5O/c1-17(27-5)23(19-7-6-12-28-16-19)30(24(31)22-13-18(14-26)15-29-22)21-10-8-20(9-11-21)25(2,3)4/h6-12,16,18,22-23,27,29H,1,13,15H2,2-5H3. The minimum absolute atomic E-state index is 0.0116. The second-order valence-electron chi connectivity index (χ2n) is 8.99. The maximum atomic E-state index is 13.8. The van der Waals surface area contributed by atoms with Crippen LogP contribution in [0, 0.1) is 17.2 Å². The number of rotatable bonds is 6. The van der Waals surface area contributed by atoms with Gasteiger partial charge in [-0.2, -0.15) is 5.26 Å². The second-order valence-corrected chi connectivity index (χ2v) is 8.99. The number of nitrogens with zero attached hydrogens (tertiary/aromatic N) is 3. The number of pyridine rings is 1. The van der Waals surface area contributed by atoms with Crippen LogP contribution < -0.4 is 15.5 Å². The van der Waals surface area contributed by atoms with E-state index >= 15 is 0 Å². The molecule has 2 aromatic rings. The number of nitrogens with one attached hydrogen (secondary N) is 2. The summed E-state index contributed by atoms with van der Waals surface area (Å²) in [5.74, 6) is -0.241. The number of nitriles is 1. The summed E-state index contributed by atoms with van der Waals surface area (Å²) in [7, 11) is 1.80. The van der Waals surface area contributed by atoms with Crippen molar-refractivity contribution in [3.05, 3.63) is 72.2 Å². The number of anilines is 1. The normalized spacial score (nSPS) is 19.3. The molecule has 162 valence electrons. The van der Waals surface area contributed by atoms with Crippen molar-refractivity contribution in [1.29, 1.82) is 5.26 Å². The lowest BCUT2D eigenvalue weighted by atomic mass is 9.87. The first kappa shape index (κ1) is 22.5. The first-order valence-corrected chi connectivity index (χ1v) is 10.6. The molecule has 1 fully saturated rings. The number of aromatic nitrogens is 1. The third-order valence-electron chi connectivity index (χ3n) is 5.77. The van der Waals surface area contributed by atoms with E-state index in [9.17, 15) is 10.1 Å². The van der Waals surface area contributed by atoms with Crippen LogP contribution in [0.1, 0.15) is 44.4 Å². The van der Waals surface area contributed by atoms with Gasteiger partial charge in [-0.15, -0.1) is 0 Å². The monoisotopic (exact) mass is 417 g/mol. The summed E-state index contributed by atoms with van der Waals surface area (Å²) < 4.78 is 0. The van der Waals surface area contributed by atoms with Crippen LogP contribution in [-0.2, 0) is 10.2 Å². The number of hydrogen-bond acceptors (Lipinski definition) is 5. The van der Waals surface area contributed by atoms with Crippen LogP contribution in [0.25, 0.3) is 0 Å². The number of amides is 1. The van der Waals surface area contributed by atoms with Crippen molar-refractivity contribution < 1.29 is 4.79 Å². The van der Waals surface area contributed by atoms with E-state index < -0.39 is 12.1 Å². The Morgan fingerprint density at radius 2 is 2.03 bits per heavy atom.